The van der Waals surface area contributed by atoms with Crippen LogP contribution in [0.1, 0.15) is 0 Å². The highest BCUT2D eigenvalue weighted by atomic mass is 79.9. The Bertz CT molecular complexity index is 231. The van der Waals surface area contributed by atoms with Crippen molar-refractivity contribution in [3.05, 3.63) is 22.9 Å². The zero-order chi connectivity index (χ0) is 8.10. The Hall–Kier alpha value is -0.0600. The van der Waals surface area contributed by atoms with E-state index in [1.54, 1.807) is 24.2 Å². The van der Waals surface area contributed by atoms with Gasteiger partial charge in [-0.2, -0.15) is 0 Å². The molecule has 1 aromatic heterocycles. The minimum Gasteiger partial charge on any atom is -0.396 e. The minimum atomic E-state index is 0.208. The summed E-state index contributed by atoms with van der Waals surface area (Å²) in [5.41, 5.74) is 0. The van der Waals surface area contributed by atoms with E-state index in [9.17, 15) is 0 Å². The highest BCUT2D eigenvalue weighted by Crippen LogP contribution is 2.25. The first-order chi connectivity index (χ1) is 5.34. The Labute approximate surface area is 78.2 Å². The number of thioether (sulfide) groups is 1. The maximum Gasteiger partial charge on any atom is 0.0525 e. The van der Waals surface area contributed by atoms with E-state index in [0.29, 0.717) is 0 Å². The molecule has 4 heteroatoms. The van der Waals surface area contributed by atoms with Crippen LogP contribution in [-0.2, 0) is 0 Å². The predicted octanol–water partition coefficient (Wildman–Crippen LogP) is 1.93. The summed E-state index contributed by atoms with van der Waals surface area (Å²) >= 11 is 4.97. The van der Waals surface area contributed by atoms with Crippen LogP contribution in [0.5, 0.6) is 0 Å². The first kappa shape index (κ1) is 9.03. The van der Waals surface area contributed by atoms with Crippen LogP contribution >= 0.6 is 27.7 Å². The van der Waals surface area contributed by atoms with E-state index in [4.69, 9.17) is 5.11 Å². The van der Waals surface area contributed by atoms with Crippen molar-refractivity contribution in [1.82, 2.24) is 4.98 Å². The molecule has 0 unspecified atom stereocenters. The molecule has 0 aliphatic rings. The van der Waals surface area contributed by atoms with Gasteiger partial charge in [-0.05, 0) is 22.0 Å². The van der Waals surface area contributed by atoms with Crippen LogP contribution in [0.4, 0.5) is 0 Å². The van der Waals surface area contributed by atoms with Crippen LogP contribution in [0.3, 0.4) is 0 Å². The molecular formula is C7H8BrNOS. The summed E-state index contributed by atoms with van der Waals surface area (Å²) < 4.78 is 0.985. The molecule has 11 heavy (non-hydrogen) atoms. The minimum absolute atomic E-state index is 0.208. The fourth-order valence-electron chi connectivity index (χ4n) is 0.635. The van der Waals surface area contributed by atoms with Crippen LogP contribution < -0.4 is 0 Å². The van der Waals surface area contributed by atoms with Crippen molar-refractivity contribution in [2.75, 3.05) is 12.4 Å². The molecule has 1 aromatic rings. The van der Waals surface area contributed by atoms with E-state index in [0.717, 1.165) is 15.1 Å². The number of halogens is 1. The lowest BCUT2D eigenvalue weighted by Crippen LogP contribution is -1.86. The smallest absolute Gasteiger partial charge is 0.0525 e. The molecule has 0 amide bonds. The average molecular weight is 234 g/mol. The van der Waals surface area contributed by atoms with Gasteiger partial charge in [0.1, 0.15) is 0 Å². The van der Waals surface area contributed by atoms with E-state index in [1.807, 2.05) is 6.07 Å². The highest BCUT2D eigenvalue weighted by molar-refractivity contribution is 9.10. The Morgan fingerprint density at radius 1 is 1.64 bits per heavy atom. The first-order valence-electron chi connectivity index (χ1n) is 3.18. The molecule has 0 atom stereocenters. The number of rotatable bonds is 3. The van der Waals surface area contributed by atoms with Gasteiger partial charge in [0, 0.05) is 27.5 Å². The molecule has 0 aliphatic heterocycles. The van der Waals surface area contributed by atoms with Crippen LogP contribution in [0.15, 0.2) is 27.8 Å². The molecule has 0 spiro atoms. The largest absolute Gasteiger partial charge is 0.396 e. The topological polar surface area (TPSA) is 33.1 Å². The van der Waals surface area contributed by atoms with Crippen molar-refractivity contribution in [2.24, 2.45) is 0 Å². The fourth-order valence-corrected chi connectivity index (χ4v) is 1.89. The van der Waals surface area contributed by atoms with Gasteiger partial charge in [-0.25, -0.2) is 0 Å². The average Bonchev–Trinajstić information content (AvgIpc) is 2.03. The van der Waals surface area contributed by atoms with Gasteiger partial charge in [-0.15, -0.1) is 11.8 Å². The number of nitrogens with zero attached hydrogens (tertiary/aromatic N) is 1. The number of hydrogen-bond acceptors (Lipinski definition) is 3. The number of pyridine rings is 1. The Morgan fingerprint density at radius 3 is 3.09 bits per heavy atom. The second-order valence-electron chi connectivity index (χ2n) is 1.88. The number of hydrogen-bond donors (Lipinski definition) is 1. The summed E-state index contributed by atoms with van der Waals surface area (Å²) in [5.74, 6) is 0.725. The zero-order valence-corrected chi connectivity index (χ0v) is 8.23. The van der Waals surface area contributed by atoms with Gasteiger partial charge < -0.3 is 5.11 Å². The number of aliphatic hydroxyl groups excluding tert-OH is 1. The zero-order valence-electron chi connectivity index (χ0n) is 5.83. The maximum absolute atomic E-state index is 8.57. The second kappa shape index (κ2) is 4.74. The Morgan fingerprint density at radius 2 is 2.45 bits per heavy atom. The van der Waals surface area contributed by atoms with Crippen molar-refractivity contribution in [1.29, 1.82) is 0 Å². The first-order valence-corrected chi connectivity index (χ1v) is 4.95. The van der Waals surface area contributed by atoms with Crippen LogP contribution in [0.2, 0.25) is 0 Å². The lowest BCUT2D eigenvalue weighted by Gasteiger charge is -1.99. The molecule has 0 saturated heterocycles. The third-order valence-electron chi connectivity index (χ3n) is 1.08. The number of aliphatic hydroxyl groups is 1. The lowest BCUT2D eigenvalue weighted by molar-refractivity contribution is 0.322. The van der Waals surface area contributed by atoms with Crippen LogP contribution in [0, 0.1) is 0 Å². The molecule has 1 N–H and O–H groups in total. The quantitative estimate of drug-likeness (QED) is 0.811. The summed E-state index contributed by atoms with van der Waals surface area (Å²) in [6.07, 6.45) is 3.49. The van der Waals surface area contributed by atoms with Gasteiger partial charge in [0.15, 0.2) is 0 Å². The van der Waals surface area contributed by atoms with Crippen molar-refractivity contribution < 1.29 is 5.11 Å². The SMILES string of the molecule is OCCSc1ccncc1Br. The summed E-state index contributed by atoms with van der Waals surface area (Å²) in [7, 11) is 0. The monoisotopic (exact) mass is 233 g/mol. The molecule has 0 radical (unpaired) electrons. The fraction of sp³-hybridized carbons (Fsp3) is 0.286. The summed E-state index contributed by atoms with van der Waals surface area (Å²) in [6.45, 7) is 0.208. The van der Waals surface area contributed by atoms with Gasteiger partial charge in [0.05, 0.1) is 6.61 Å². The van der Waals surface area contributed by atoms with E-state index in [1.165, 1.54) is 0 Å². The van der Waals surface area contributed by atoms with E-state index >= 15 is 0 Å². The molecule has 2 nitrogen and oxygen atoms in total. The maximum atomic E-state index is 8.57. The van der Waals surface area contributed by atoms with Crippen molar-refractivity contribution >= 4 is 27.7 Å². The summed E-state index contributed by atoms with van der Waals surface area (Å²) in [5, 5.41) is 8.57. The Kier molecular flexibility index (Phi) is 3.90. The van der Waals surface area contributed by atoms with E-state index in [-0.39, 0.29) is 6.61 Å². The molecule has 0 aromatic carbocycles. The summed E-state index contributed by atoms with van der Waals surface area (Å²) in [6, 6.07) is 1.92. The normalized spacial score (nSPS) is 10.0. The predicted molar refractivity (Wildman–Crippen MR) is 49.7 cm³/mol. The molecular weight excluding hydrogens is 226 g/mol. The van der Waals surface area contributed by atoms with Gasteiger partial charge in [-0.1, -0.05) is 0 Å². The van der Waals surface area contributed by atoms with E-state index in [2.05, 4.69) is 20.9 Å². The standard InChI is InChI=1S/C7H8BrNOS/c8-6-5-9-2-1-7(6)11-4-3-10/h1-2,5,10H,3-4H2. The molecule has 0 saturated carbocycles. The molecule has 1 rings (SSSR count). The molecule has 0 bridgehead atoms. The molecule has 0 fully saturated rings. The lowest BCUT2D eigenvalue weighted by atomic mass is 10.5. The third kappa shape index (κ3) is 2.81. The molecule has 0 aliphatic carbocycles. The van der Waals surface area contributed by atoms with Gasteiger partial charge in [0.25, 0.3) is 0 Å². The van der Waals surface area contributed by atoms with Gasteiger partial charge >= 0.3 is 0 Å². The van der Waals surface area contributed by atoms with Crippen molar-refractivity contribution in [3.63, 3.8) is 0 Å². The van der Waals surface area contributed by atoms with Crippen LogP contribution in [-0.4, -0.2) is 22.5 Å². The van der Waals surface area contributed by atoms with Gasteiger partial charge in [0.2, 0.25) is 0 Å². The summed E-state index contributed by atoms with van der Waals surface area (Å²) in [4.78, 5) is 5.05. The molecule has 1 heterocycles. The van der Waals surface area contributed by atoms with E-state index < -0.39 is 0 Å². The third-order valence-corrected chi connectivity index (χ3v) is 3.03. The van der Waals surface area contributed by atoms with Crippen LogP contribution in [0.25, 0.3) is 0 Å². The van der Waals surface area contributed by atoms with Crippen molar-refractivity contribution in [2.45, 2.75) is 4.90 Å². The second-order valence-corrected chi connectivity index (χ2v) is 3.87. The highest BCUT2D eigenvalue weighted by Gasteiger charge is 1.97. The number of aromatic nitrogens is 1. The molecule has 60 valence electrons. The Balaban J connectivity index is 2.62. The van der Waals surface area contributed by atoms with Gasteiger partial charge in [-0.3, -0.25) is 4.98 Å². The van der Waals surface area contributed by atoms with Crippen molar-refractivity contribution in [3.8, 4) is 0 Å².